The molecule has 2 heterocycles. The maximum atomic E-state index is 10.5. The van der Waals surface area contributed by atoms with Crippen molar-refractivity contribution in [3.05, 3.63) is 42.6 Å². The van der Waals surface area contributed by atoms with E-state index in [1.165, 1.54) is 33.1 Å². The van der Waals surface area contributed by atoms with Crippen molar-refractivity contribution >= 4 is 108 Å². The number of aromatic nitrogens is 2. The van der Waals surface area contributed by atoms with E-state index >= 15 is 0 Å². The Morgan fingerprint density at radius 1 is 1.09 bits per heavy atom. The SMILES string of the molecule is CNC(=O)CCS.CNC(=O)CCSC.Cn1sc(Cl)cc1=O.Cn1sccc1=O.II. The number of thiol groups is 1. The molecule has 8 nitrogen and oxygen atoms in total. The Labute approximate surface area is 235 Å². The van der Waals surface area contributed by atoms with Crippen LogP contribution in [0.1, 0.15) is 12.8 Å². The van der Waals surface area contributed by atoms with Gasteiger partial charge in [0.25, 0.3) is 11.1 Å². The summed E-state index contributed by atoms with van der Waals surface area (Å²) in [7, 11) is 6.69. The molecule has 2 rings (SSSR count). The molecule has 0 aliphatic heterocycles. The van der Waals surface area contributed by atoms with Gasteiger partial charge in [-0.25, -0.2) is 0 Å². The van der Waals surface area contributed by atoms with Gasteiger partial charge in [-0.3, -0.25) is 27.1 Å². The summed E-state index contributed by atoms with van der Waals surface area (Å²) in [6, 6.07) is 2.94. The number of thioether (sulfide) groups is 1. The van der Waals surface area contributed by atoms with Gasteiger partial charge in [0.15, 0.2) is 0 Å². The van der Waals surface area contributed by atoms with E-state index in [1.807, 2.05) is 6.26 Å². The highest BCUT2D eigenvalue weighted by Gasteiger charge is 1.94. The summed E-state index contributed by atoms with van der Waals surface area (Å²) < 4.78 is 3.58. The summed E-state index contributed by atoms with van der Waals surface area (Å²) in [6.45, 7) is 0. The quantitative estimate of drug-likeness (QED) is 0.317. The lowest BCUT2D eigenvalue weighted by Crippen LogP contribution is -2.17. The lowest BCUT2D eigenvalue weighted by molar-refractivity contribution is -0.121. The second kappa shape index (κ2) is 25.9. The molecule has 0 aliphatic carbocycles. The number of aryl methyl sites for hydroxylation is 2. The molecule has 32 heavy (non-hydrogen) atoms. The molecule has 2 N–H and O–H groups in total. The average molecular weight is 771 g/mol. The first-order chi connectivity index (χ1) is 15.1. The van der Waals surface area contributed by atoms with Gasteiger partial charge < -0.3 is 10.6 Å². The first-order valence-corrected chi connectivity index (χ1v) is 19.0. The largest absolute Gasteiger partial charge is 0.359 e. The molecule has 0 saturated carbocycles. The Morgan fingerprint density at radius 2 is 1.62 bits per heavy atom. The van der Waals surface area contributed by atoms with E-state index in [0.717, 1.165) is 5.75 Å². The van der Waals surface area contributed by atoms with Crippen LogP contribution in [-0.2, 0) is 23.7 Å². The Morgan fingerprint density at radius 3 is 1.81 bits per heavy atom. The average Bonchev–Trinajstić information content (AvgIpc) is 3.30. The van der Waals surface area contributed by atoms with E-state index in [2.05, 4.69) is 60.5 Å². The number of carbonyl (C=O) groups is 2. The predicted octanol–water partition coefficient (Wildman–Crippen LogP) is 3.86. The molecule has 2 amide bonds. The number of carbonyl (C=O) groups excluding carboxylic acids is 2. The minimum absolute atomic E-state index is 0.0417. The molecule has 0 radical (unpaired) electrons. The van der Waals surface area contributed by atoms with E-state index in [0.29, 0.717) is 22.9 Å². The lowest BCUT2D eigenvalue weighted by atomic mass is 10.5. The summed E-state index contributed by atoms with van der Waals surface area (Å²) in [4.78, 5) is 41.6. The van der Waals surface area contributed by atoms with E-state index in [-0.39, 0.29) is 22.9 Å². The lowest BCUT2D eigenvalue weighted by Gasteiger charge is -1.94. The van der Waals surface area contributed by atoms with Gasteiger partial charge in [0.05, 0.1) is 0 Å². The van der Waals surface area contributed by atoms with Gasteiger partial charge in [0, 0.05) is 102 Å². The number of hydrogen-bond donors (Lipinski definition) is 3. The van der Waals surface area contributed by atoms with Gasteiger partial charge in [-0.05, 0) is 23.5 Å². The van der Waals surface area contributed by atoms with Crippen LogP contribution < -0.4 is 21.8 Å². The fraction of sp³-hybridized carbons (Fsp3) is 0.529. The zero-order chi connectivity index (χ0) is 25.5. The van der Waals surface area contributed by atoms with Crippen molar-refractivity contribution in [3.8, 4) is 0 Å². The van der Waals surface area contributed by atoms with Crippen LogP contribution in [0, 0.1) is 0 Å². The van der Waals surface area contributed by atoms with Gasteiger partial charge in [0.1, 0.15) is 4.34 Å². The van der Waals surface area contributed by atoms with E-state index in [1.54, 1.807) is 55.4 Å². The van der Waals surface area contributed by atoms with Crippen LogP contribution >= 0.6 is 96.3 Å². The second-order valence-corrected chi connectivity index (χ2v) is 9.45. The number of amides is 2. The maximum absolute atomic E-state index is 10.5. The topological polar surface area (TPSA) is 102 Å². The molecule has 15 heteroatoms. The van der Waals surface area contributed by atoms with E-state index in [4.69, 9.17) is 11.6 Å². The molecular weight excluding hydrogens is 742 g/mol. The molecule has 0 aliphatic rings. The van der Waals surface area contributed by atoms with Crippen LogP contribution in [0.25, 0.3) is 0 Å². The Bertz CT molecular complexity index is 843. The third-order valence-electron chi connectivity index (χ3n) is 2.94. The first kappa shape index (κ1) is 36.8. The smallest absolute Gasteiger partial charge is 0.261 e. The van der Waals surface area contributed by atoms with E-state index < -0.39 is 0 Å². The van der Waals surface area contributed by atoms with Gasteiger partial charge in [-0.1, -0.05) is 23.1 Å². The molecule has 0 saturated heterocycles. The minimum Gasteiger partial charge on any atom is -0.359 e. The fourth-order valence-corrected chi connectivity index (χ4v) is 3.35. The van der Waals surface area contributed by atoms with Crippen molar-refractivity contribution in [1.82, 2.24) is 18.5 Å². The van der Waals surface area contributed by atoms with Crippen molar-refractivity contribution in [2.24, 2.45) is 14.1 Å². The molecule has 0 unspecified atom stereocenters. The number of halogens is 3. The standard InChI is InChI=1S/C5H11NOS.C4H4ClNOS.C4H5NOS.C4H9NOS.I2/c1-6-5(7)3-4-8-2;1-6-4(7)2-3(5)8-6;1-5-4(6)2-3-7-5;1-5-4(6)2-3-7;1-2/h3-4H2,1-2H3,(H,6,7);2H,1H3;2-3H,1H3;7H,2-3H2,1H3,(H,5,6);. The molecule has 0 atom stereocenters. The molecule has 186 valence electrons. The number of rotatable bonds is 5. The highest BCUT2D eigenvalue weighted by atomic mass is 128. The third-order valence-corrected chi connectivity index (χ3v) is 5.59. The Hall–Kier alpha value is 0.250. The maximum Gasteiger partial charge on any atom is 0.261 e. The van der Waals surface area contributed by atoms with Crippen LogP contribution in [0.15, 0.2) is 27.1 Å². The van der Waals surface area contributed by atoms with Crippen molar-refractivity contribution in [2.75, 3.05) is 31.9 Å². The summed E-state index contributed by atoms with van der Waals surface area (Å²) >= 11 is 17.9. The van der Waals surface area contributed by atoms with E-state index in [9.17, 15) is 19.2 Å². The van der Waals surface area contributed by atoms with Crippen molar-refractivity contribution in [2.45, 2.75) is 12.8 Å². The van der Waals surface area contributed by atoms with Crippen molar-refractivity contribution in [1.29, 1.82) is 0 Å². The summed E-state index contributed by atoms with van der Waals surface area (Å²) in [5.74, 6) is 1.72. The van der Waals surface area contributed by atoms with Crippen LogP contribution in [0.4, 0.5) is 0 Å². The zero-order valence-corrected chi connectivity index (χ0v) is 26.8. The van der Waals surface area contributed by atoms with Crippen molar-refractivity contribution < 1.29 is 9.59 Å². The predicted molar refractivity (Wildman–Crippen MR) is 162 cm³/mol. The normalized spacial score (nSPS) is 8.66. The Balaban J connectivity index is -0.000000342. The monoisotopic (exact) mass is 770 g/mol. The van der Waals surface area contributed by atoms with Crippen LogP contribution in [0.3, 0.4) is 0 Å². The molecule has 0 aromatic carbocycles. The van der Waals surface area contributed by atoms with Gasteiger partial charge in [-0.15, -0.1) is 0 Å². The number of nitrogens with zero attached hydrogens (tertiary/aromatic N) is 2. The Kier molecular flexibility index (Phi) is 29.8. The molecule has 2 aromatic rings. The first-order valence-electron chi connectivity index (χ1n) is 8.71. The number of hydrogen-bond acceptors (Lipinski definition) is 8. The summed E-state index contributed by atoms with van der Waals surface area (Å²) in [5.41, 5.74) is 0.0324. The highest BCUT2D eigenvalue weighted by Crippen LogP contribution is 2.09. The van der Waals surface area contributed by atoms with Gasteiger partial charge in [0.2, 0.25) is 11.8 Å². The molecular formula is C17H29ClI2N4O4S4. The molecule has 2 aromatic heterocycles. The number of nitrogens with one attached hydrogen (secondary N) is 2. The van der Waals surface area contributed by atoms with Crippen LogP contribution in [-0.4, -0.2) is 51.6 Å². The molecule has 0 spiro atoms. The molecule has 0 bridgehead atoms. The summed E-state index contributed by atoms with van der Waals surface area (Å²) in [5, 5.41) is 6.79. The fourth-order valence-electron chi connectivity index (χ4n) is 1.27. The minimum atomic E-state index is -0.0417. The summed E-state index contributed by atoms with van der Waals surface area (Å²) in [6.07, 6.45) is 3.14. The second-order valence-electron chi connectivity index (χ2n) is 5.18. The third kappa shape index (κ3) is 23.4. The highest BCUT2D eigenvalue weighted by molar-refractivity contribution is 15.0. The van der Waals surface area contributed by atoms with Crippen LogP contribution in [0.5, 0.6) is 0 Å². The zero-order valence-electron chi connectivity index (χ0n) is 18.4. The van der Waals surface area contributed by atoms with Gasteiger partial charge in [-0.2, -0.15) is 24.4 Å². The van der Waals surface area contributed by atoms with Crippen LogP contribution in [0.2, 0.25) is 4.34 Å². The van der Waals surface area contributed by atoms with Crippen molar-refractivity contribution in [3.63, 3.8) is 0 Å². The molecule has 0 fully saturated rings. The van der Waals surface area contributed by atoms with Gasteiger partial charge >= 0.3 is 0 Å².